The van der Waals surface area contributed by atoms with Crippen LogP contribution in [0.4, 0.5) is 0 Å². The van der Waals surface area contributed by atoms with E-state index in [1.54, 1.807) is 19.3 Å². The Labute approximate surface area is 118 Å². The molecule has 0 saturated carbocycles. The fourth-order valence-corrected chi connectivity index (χ4v) is 1.76. The van der Waals surface area contributed by atoms with Gasteiger partial charge in [-0.15, -0.1) is 0 Å². The van der Waals surface area contributed by atoms with Crippen LogP contribution in [0.15, 0.2) is 36.7 Å². The maximum absolute atomic E-state index is 11.9. The van der Waals surface area contributed by atoms with E-state index in [2.05, 4.69) is 15.3 Å². The summed E-state index contributed by atoms with van der Waals surface area (Å²) in [6.07, 6.45) is 3.62. The molecule has 0 saturated heterocycles. The Morgan fingerprint density at radius 1 is 1.40 bits per heavy atom. The molecule has 106 valence electrons. The predicted molar refractivity (Wildman–Crippen MR) is 76.6 cm³/mol. The van der Waals surface area contributed by atoms with Gasteiger partial charge in [0.15, 0.2) is 6.10 Å². The van der Waals surface area contributed by atoms with Crippen LogP contribution in [0.1, 0.15) is 18.3 Å². The van der Waals surface area contributed by atoms with Gasteiger partial charge in [0, 0.05) is 25.4 Å². The van der Waals surface area contributed by atoms with Crippen LogP contribution in [0.5, 0.6) is 5.75 Å². The molecule has 0 fully saturated rings. The van der Waals surface area contributed by atoms with Crippen molar-refractivity contribution in [2.75, 3.05) is 6.54 Å². The maximum Gasteiger partial charge on any atom is 0.260 e. The zero-order valence-electron chi connectivity index (χ0n) is 11.7. The van der Waals surface area contributed by atoms with E-state index in [1.165, 1.54) is 0 Å². The zero-order chi connectivity index (χ0) is 14.4. The number of nitrogens with zero attached hydrogens (tertiary/aromatic N) is 1. The molecule has 2 N–H and O–H groups in total. The molecule has 5 nitrogen and oxygen atoms in total. The van der Waals surface area contributed by atoms with Crippen molar-refractivity contribution in [3.05, 3.63) is 48.0 Å². The van der Waals surface area contributed by atoms with Gasteiger partial charge >= 0.3 is 0 Å². The van der Waals surface area contributed by atoms with E-state index >= 15 is 0 Å². The molecule has 1 aromatic heterocycles. The third-order valence-corrected chi connectivity index (χ3v) is 2.92. The molecule has 5 heteroatoms. The monoisotopic (exact) mass is 273 g/mol. The van der Waals surface area contributed by atoms with Crippen LogP contribution >= 0.6 is 0 Å². The van der Waals surface area contributed by atoms with Gasteiger partial charge in [-0.2, -0.15) is 0 Å². The number of imidazole rings is 1. The summed E-state index contributed by atoms with van der Waals surface area (Å²) in [6.45, 7) is 4.28. The second-order valence-corrected chi connectivity index (χ2v) is 4.65. The number of carbonyl (C=O) groups excluding carboxylic acids is 1. The first-order valence-electron chi connectivity index (χ1n) is 6.64. The number of amides is 1. The van der Waals surface area contributed by atoms with Gasteiger partial charge in [-0.1, -0.05) is 17.7 Å². The predicted octanol–water partition coefficient (Wildman–Crippen LogP) is 1.84. The van der Waals surface area contributed by atoms with Crippen LogP contribution in [0.25, 0.3) is 0 Å². The molecule has 0 aliphatic rings. The lowest BCUT2D eigenvalue weighted by molar-refractivity contribution is -0.127. The highest BCUT2D eigenvalue weighted by Gasteiger charge is 2.13. The average Bonchev–Trinajstić information content (AvgIpc) is 2.94. The highest BCUT2D eigenvalue weighted by Crippen LogP contribution is 2.13. The number of nitrogens with one attached hydrogen (secondary N) is 2. The normalized spacial score (nSPS) is 11.9. The van der Waals surface area contributed by atoms with Gasteiger partial charge in [0.05, 0.1) is 0 Å². The lowest BCUT2D eigenvalue weighted by Crippen LogP contribution is -2.37. The first kappa shape index (κ1) is 14.1. The van der Waals surface area contributed by atoms with Gasteiger partial charge in [0.1, 0.15) is 11.6 Å². The van der Waals surface area contributed by atoms with Crippen molar-refractivity contribution in [1.29, 1.82) is 0 Å². The van der Waals surface area contributed by atoms with E-state index < -0.39 is 6.10 Å². The van der Waals surface area contributed by atoms with Gasteiger partial charge in [0.25, 0.3) is 5.91 Å². The molecular weight excluding hydrogens is 254 g/mol. The number of aromatic nitrogens is 2. The molecule has 20 heavy (non-hydrogen) atoms. The Bertz CT molecular complexity index is 535. The Hall–Kier alpha value is -2.30. The quantitative estimate of drug-likeness (QED) is 0.844. The number of hydrogen-bond donors (Lipinski definition) is 2. The molecule has 0 aliphatic heterocycles. The lowest BCUT2D eigenvalue weighted by Gasteiger charge is -2.14. The molecule has 2 rings (SSSR count). The molecule has 2 aromatic rings. The summed E-state index contributed by atoms with van der Waals surface area (Å²) in [7, 11) is 0. The minimum Gasteiger partial charge on any atom is -0.481 e. The highest BCUT2D eigenvalue weighted by atomic mass is 16.5. The molecule has 1 atom stereocenters. The zero-order valence-corrected chi connectivity index (χ0v) is 11.7. The number of rotatable bonds is 6. The molecule has 1 heterocycles. The van der Waals surface area contributed by atoms with Gasteiger partial charge in [0.2, 0.25) is 0 Å². The van der Waals surface area contributed by atoms with Gasteiger partial charge < -0.3 is 15.0 Å². The number of aryl methyl sites for hydroxylation is 1. The topological polar surface area (TPSA) is 67.0 Å². The van der Waals surface area contributed by atoms with Crippen molar-refractivity contribution in [2.24, 2.45) is 0 Å². The highest BCUT2D eigenvalue weighted by molar-refractivity contribution is 5.80. The SMILES string of the molecule is Cc1ccc(OC(C)C(=O)NCCc2ncc[nH]2)cc1. The van der Waals surface area contributed by atoms with Gasteiger partial charge in [-0.05, 0) is 26.0 Å². The van der Waals surface area contributed by atoms with Crippen LogP contribution in [0.2, 0.25) is 0 Å². The van der Waals surface area contributed by atoms with E-state index in [1.807, 2.05) is 31.2 Å². The van der Waals surface area contributed by atoms with E-state index in [-0.39, 0.29) is 5.91 Å². The summed E-state index contributed by atoms with van der Waals surface area (Å²) in [5, 5.41) is 2.83. The molecule has 0 aliphatic carbocycles. The fourth-order valence-electron chi connectivity index (χ4n) is 1.76. The summed E-state index contributed by atoms with van der Waals surface area (Å²) in [6, 6.07) is 7.64. The van der Waals surface area contributed by atoms with E-state index in [0.717, 1.165) is 11.4 Å². The molecule has 1 aromatic carbocycles. The van der Waals surface area contributed by atoms with Crippen LogP contribution < -0.4 is 10.1 Å². The third-order valence-electron chi connectivity index (χ3n) is 2.92. The number of hydrogen-bond acceptors (Lipinski definition) is 3. The summed E-state index contributed by atoms with van der Waals surface area (Å²) in [5.41, 5.74) is 1.16. The second kappa shape index (κ2) is 6.75. The number of H-pyrrole nitrogens is 1. The van der Waals surface area contributed by atoms with Gasteiger partial charge in [-0.25, -0.2) is 4.98 Å². The second-order valence-electron chi connectivity index (χ2n) is 4.65. The number of aromatic amines is 1. The molecule has 0 spiro atoms. The van der Waals surface area contributed by atoms with Crippen LogP contribution in [0, 0.1) is 6.92 Å². The summed E-state index contributed by atoms with van der Waals surface area (Å²) in [5.74, 6) is 1.43. The fraction of sp³-hybridized carbons (Fsp3) is 0.333. The average molecular weight is 273 g/mol. The van der Waals surface area contributed by atoms with Crippen molar-refractivity contribution in [2.45, 2.75) is 26.4 Å². The molecule has 1 unspecified atom stereocenters. The minimum absolute atomic E-state index is 0.128. The number of benzene rings is 1. The third kappa shape index (κ3) is 4.12. The summed E-state index contributed by atoms with van der Waals surface area (Å²) < 4.78 is 5.58. The molecule has 0 bridgehead atoms. The molecular formula is C15H19N3O2. The van der Waals surface area contributed by atoms with Crippen molar-refractivity contribution < 1.29 is 9.53 Å². The standard InChI is InChI=1S/C15H19N3O2/c1-11-3-5-13(6-4-11)20-12(2)15(19)18-8-7-14-16-9-10-17-14/h3-6,9-10,12H,7-8H2,1-2H3,(H,16,17)(H,18,19). The van der Waals surface area contributed by atoms with E-state index in [0.29, 0.717) is 18.7 Å². The number of ether oxygens (including phenoxy) is 1. The summed E-state index contributed by atoms with van der Waals surface area (Å²) in [4.78, 5) is 19.0. The largest absolute Gasteiger partial charge is 0.481 e. The molecule has 0 radical (unpaired) electrons. The van der Waals surface area contributed by atoms with Crippen LogP contribution in [0.3, 0.4) is 0 Å². The van der Waals surface area contributed by atoms with Gasteiger partial charge in [-0.3, -0.25) is 4.79 Å². The van der Waals surface area contributed by atoms with Crippen molar-refractivity contribution in [3.63, 3.8) is 0 Å². The van der Waals surface area contributed by atoms with Crippen LogP contribution in [-0.2, 0) is 11.2 Å². The van der Waals surface area contributed by atoms with E-state index in [9.17, 15) is 4.79 Å². The Morgan fingerprint density at radius 2 is 2.15 bits per heavy atom. The molecule has 1 amide bonds. The summed E-state index contributed by atoms with van der Waals surface area (Å²) >= 11 is 0. The Balaban J connectivity index is 1.75. The van der Waals surface area contributed by atoms with Crippen molar-refractivity contribution in [3.8, 4) is 5.75 Å². The minimum atomic E-state index is -0.519. The van der Waals surface area contributed by atoms with E-state index in [4.69, 9.17) is 4.74 Å². The maximum atomic E-state index is 11.9. The van der Waals surface area contributed by atoms with Crippen molar-refractivity contribution >= 4 is 5.91 Å². The first-order valence-corrected chi connectivity index (χ1v) is 6.64. The Morgan fingerprint density at radius 3 is 2.80 bits per heavy atom. The number of carbonyl (C=O) groups is 1. The van der Waals surface area contributed by atoms with Crippen LogP contribution in [-0.4, -0.2) is 28.5 Å². The first-order chi connectivity index (χ1) is 9.65. The van der Waals surface area contributed by atoms with Crippen molar-refractivity contribution in [1.82, 2.24) is 15.3 Å². The Kier molecular flexibility index (Phi) is 4.76. The lowest BCUT2D eigenvalue weighted by atomic mass is 10.2. The smallest absolute Gasteiger partial charge is 0.260 e.